The first-order valence-corrected chi connectivity index (χ1v) is 9.69. The van der Waals surface area contributed by atoms with Gasteiger partial charge in [-0.1, -0.05) is 30.3 Å². The Labute approximate surface area is 140 Å². The molecule has 120 valence electrons. The largest absolute Gasteiger partial charge is 0.377 e. The highest BCUT2D eigenvalue weighted by molar-refractivity contribution is 8.17. The highest BCUT2D eigenvalue weighted by Crippen LogP contribution is 2.33. The van der Waals surface area contributed by atoms with Crippen molar-refractivity contribution in [3.8, 4) is 0 Å². The van der Waals surface area contributed by atoms with Crippen LogP contribution in [-0.4, -0.2) is 34.8 Å². The summed E-state index contributed by atoms with van der Waals surface area (Å²) in [6, 6.07) is 10.0. The predicted molar refractivity (Wildman–Crippen MR) is 93.2 cm³/mol. The van der Waals surface area contributed by atoms with Crippen molar-refractivity contribution in [2.24, 2.45) is 5.92 Å². The fourth-order valence-corrected chi connectivity index (χ4v) is 5.01. The first-order chi connectivity index (χ1) is 10.8. The lowest BCUT2D eigenvalue weighted by Gasteiger charge is -2.21. The Morgan fingerprint density at radius 2 is 2.18 bits per heavy atom. The third-order valence-corrected chi connectivity index (χ3v) is 6.47. The van der Waals surface area contributed by atoms with Gasteiger partial charge in [0.15, 0.2) is 0 Å². The van der Waals surface area contributed by atoms with E-state index in [9.17, 15) is 9.59 Å². The molecule has 0 bridgehead atoms. The van der Waals surface area contributed by atoms with Crippen molar-refractivity contribution < 1.29 is 14.3 Å². The lowest BCUT2D eigenvalue weighted by atomic mass is 10.1. The molecule has 1 aliphatic rings. The van der Waals surface area contributed by atoms with Crippen molar-refractivity contribution in [2.45, 2.75) is 30.5 Å². The number of thioether (sulfide) groups is 2. The number of carbonyl (C=O) groups excluding carboxylic acids is 2. The van der Waals surface area contributed by atoms with Crippen LogP contribution in [0.3, 0.4) is 0 Å². The van der Waals surface area contributed by atoms with Gasteiger partial charge < -0.3 is 9.53 Å². The van der Waals surface area contributed by atoms with Crippen LogP contribution in [-0.2, 0) is 20.9 Å². The zero-order valence-electron chi connectivity index (χ0n) is 12.6. The smallest absolute Gasteiger partial charge is 0.135 e. The van der Waals surface area contributed by atoms with Crippen LogP contribution in [0.2, 0.25) is 0 Å². The fraction of sp³-hybridized carbons (Fsp3) is 0.529. The van der Waals surface area contributed by atoms with Crippen molar-refractivity contribution in [1.82, 2.24) is 0 Å². The summed E-state index contributed by atoms with van der Waals surface area (Å²) in [4.78, 5) is 22.6. The van der Waals surface area contributed by atoms with E-state index < -0.39 is 0 Å². The SMILES string of the molecule is O=CC(CCOCc1ccccc1)CSC1CC(=O)CCS1. The maximum atomic E-state index is 11.4. The van der Waals surface area contributed by atoms with E-state index in [1.807, 2.05) is 42.1 Å². The Bertz CT molecular complexity index is 464. The number of Topliss-reactive ketones (excluding diaryl/α,β-unsaturated/α-hetero) is 1. The Kier molecular flexibility index (Phi) is 8.05. The average molecular weight is 338 g/mol. The Morgan fingerprint density at radius 3 is 2.91 bits per heavy atom. The molecule has 1 aromatic carbocycles. The van der Waals surface area contributed by atoms with E-state index in [0.717, 1.165) is 29.8 Å². The molecule has 2 unspecified atom stereocenters. The second-order valence-corrected chi connectivity index (χ2v) is 8.19. The zero-order valence-corrected chi connectivity index (χ0v) is 14.2. The van der Waals surface area contributed by atoms with Crippen molar-refractivity contribution in [1.29, 1.82) is 0 Å². The van der Waals surface area contributed by atoms with Gasteiger partial charge in [0.25, 0.3) is 0 Å². The van der Waals surface area contributed by atoms with Crippen LogP contribution >= 0.6 is 23.5 Å². The standard InChI is InChI=1S/C17H22O3S2/c18-11-15(13-22-17-10-16(19)7-9-21-17)6-8-20-12-14-4-2-1-3-5-14/h1-5,11,15,17H,6-10,12-13H2. The van der Waals surface area contributed by atoms with Crippen LogP contribution in [0.5, 0.6) is 0 Å². The fourth-order valence-electron chi connectivity index (χ4n) is 2.18. The van der Waals surface area contributed by atoms with E-state index in [-0.39, 0.29) is 5.92 Å². The van der Waals surface area contributed by atoms with E-state index in [1.165, 1.54) is 0 Å². The van der Waals surface area contributed by atoms with Crippen LogP contribution in [0.1, 0.15) is 24.8 Å². The number of hydrogen-bond acceptors (Lipinski definition) is 5. The summed E-state index contributed by atoms with van der Waals surface area (Å²) in [6.45, 7) is 1.18. The third kappa shape index (κ3) is 6.55. The molecule has 0 radical (unpaired) electrons. The first kappa shape index (κ1) is 17.6. The van der Waals surface area contributed by atoms with Crippen molar-refractivity contribution in [3.05, 3.63) is 35.9 Å². The maximum Gasteiger partial charge on any atom is 0.135 e. The van der Waals surface area contributed by atoms with E-state index in [1.54, 1.807) is 11.8 Å². The molecule has 22 heavy (non-hydrogen) atoms. The van der Waals surface area contributed by atoms with Gasteiger partial charge in [0, 0.05) is 36.9 Å². The molecule has 0 aliphatic carbocycles. The molecule has 1 aromatic rings. The summed E-state index contributed by atoms with van der Waals surface area (Å²) in [5.41, 5.74) is 1.15. The molecule has 2 atom stereocenters. The van der Waals surface area contributed by atoms with Gasteiger partial charge in [-0.3, -0.25) is 4.79 Å². The summed E-state index contributed by atoms with van der Waals surface area (Å²) >= 11 is 3.58. The molecular formula is C17H22O3S2. The monoisotopic (exact) mass is 338 g/mol. The molecule has 0 spiro atoms. The molecule has 2 rings (SSSR count). The molecular weight excluding hydrogens is 316 g/mol. The van der Waals surface area contributed by atoms with Gasteiger partial charge in [-0.25, -0.2) is 0 Å². The minimum atomic E-state index is 0.0124. The number of ether oxygens (including phenoxy) is 1. The predicted octanol–water partition coefficient (Wildman–Crippen LogP) is 3.56. The lowest BCUT2D eigenvalue weighted by molar-refractivity contribution is -0.118. The zero-order chi connectivity index (χ0) is 15.6. The Morgan fingerprint density at radius 1 is 1.36 bits per heavy atom. The average Bonchev–Trinajstić information content (AvgIpc) is 2.55. The van der Waals surface area contributed by atoms with Gasteiger partial charge in [0.05, 0.1) is 11.2 Å². The molecule has 1 heterocycles. The third-order valence-electron chi connectivity index (χ3n) is 3.51. The second-order valence-electron chi connectivity index (χ2n) is 5.35. The summed E-state index contributed by atoms with van der Waals surface area (Å²) in [5, 5.41) is 0. The number of carbonyl (C=O) groups is 2. The first-order valence-electron chi connectivity index (χ1n) is 7.60. The number of rotatable bonds is 9. The second kappa shape index (κ2) is 10.1. The number of aldehydes is 1. The molecule has 0 aromatic heterocycles. The van der Waals surface area contributed by atoms with Crippen molar-refractivity contribution in [3.63, 3.8) is 0 Å². The number of ketones is 1. The molecule has 0 saturated carbocycles. The molecule has 1 fully saturated rings. The molecule has 5 heteroatoms. The Hall–Kier alpha value is -0.780. The van der Waals surface area contributed by atoms with Crippen LogP contribution in [0.25, 0.3) is 0 Å². The highest BCUT2D eigenvalue weighted by atomic mass is 32.2. The van der Waals surface area contributed by atoms with Crippen LogP contribution < -0.4 is 0 Å². The van der Waals surface area contributed by atoms with Crippen molar-refractivity contribution >= 4 is 35.6 Å². The summed E-state index contributed by atoms with van der Waals surface area (Å²) in [7, 11) is 0. The summed E-state index contributed by atoms with van der Waals surface area (Å²) < 4.78 is 5.96. The molecule has 3 nitrogen and oxygen atoms in total. The topological polar surface area (TPSA) is 43.4 Å². The van der Waals surface area contributed by atoms with Gasteiger partial charge in [-0.2, -0.15) is 0 Å². The van der Waals surface area contributed by atoms with Crippen LogP contribution in [0, 0.1) is 5.92 Å². The van der Waals surface area contributed by atoms with Gasteiger partial charge in [0.2, 0.25) is 0 Å². The quantitative estimate of drug-likeness (QED) is 0.509. The van der Waals surface area contributed by atoms with E-state index >= 15 is 0 Å². The van der Waals surface area contributed by atoms with Crippen LogP contribution in [0.15, 0.2) is 30.3 Å². The van der Waals surface area contributed by atoms with Crippen LogP contribution in [0.4, 0.5) is 0 Å². The number of benzene rings is 1. The van der Waals surface area contributed by atoms with Gasteiger partial charge in [-0.05, 0) is 12.0 Å². The minimum Gasteiger partial charge on any atom is -0.377 e. The lowest BCUT2D eigenvalue weighted by Crippen LogP contribution is -2.18. The van der Waals surface area contributed by atoms with Gasteiger partial charge in [-0.15, -0.1) is 23.5 Å². The molecule has 0 N–H and O–H groups in total. The van der Waals surface area contributed by atoms with Gasteiger partial charge >= 0.3 is 0 Å². The number of hydrogen-bond donors (Lipinski definition) is 0. The van der Waals surface area contributed by atoms with E-state index in [4.69, 9.17) is 4.74 Å². The Balaban J connectivity index is 1.60. The van der Waals surface area contributed by atoms with E-state index in [0.29, 0.717) is 36.4 Å². The molecule has 0 amide bonds. The van der Waals surface area contributed by atoms with Gasteiger partial charge in [0.1, 0.15) is 12.1 Å². The van der Waals surface area contributed by atoms with E-state index in [2.05, 4.69) is 0 Å². The summed E-state index contributed by atoms with van der Waals surface area (Å²) in [5.74, 6) is 2.06. The normalized spacial score (nSPS) is 19.8. The maximum absolute atomic E-state index is 11.4. The van der Waals surface area contributed by atoms with Crippen molar-refractivity contribution in [2.75, 3.05) is 18.1 Å². The minimum absolute atomic E-state index is 0.0124. The highest BCUT2D eigenvalue weighted by Gasteiger charge is 2.21. The summed E-state index contributed by atoms with van der Waals surface area (Å²) in [6.07, 6.45) is 3.11. The molecule has 1 aliphatic heterocycles. The molecule has 1 saturated heterocycles.